The van der Waals surface area contributed by atoms with Gasteiger partial charge in [-0.15, -0.1) is 6.58 Å². The molecule has 0 amide bonds. The van der Waals surface area contributed by atoms with Crippen LogP contribution in [0.1, 0.15) is 0 Å². The van der Waals surface area contributed by atoms with Crippen molar-refractivity contribution in [3.8, 4) is 11.5 Å². The van der Waals surface area contributed by atoms with E-state index < -0.39 is 16.1 Å². The highest BCUT2D eigenvalue weighted by atomic mass is 28.4. The molecule has 1 aromatic rings. The average Bonchev–Trinajstić information content (AvgIpc) is 2.14. The molecule has 1 rings (SSSR count). The van der Waals surface area contributed by atoms with Crippen LogP contribution in [0.25, 0.3) is 0 Å². The van der Waals surface area contributed by atoms with Gasteiger partial charge in [0.25, 0.3) is 0 Å². The van der Waals surface area contributed by atoms with Crippen molar-refractivity contribution in [1.82, 2.24) is 0 Å². The van der Waals surface area contributed by atoms with E-state index in [4.69, 9.17) is 10.2 Å². The summed E-state index contributed by atoms with van der Waals surface area (Å²) in [5.74, 6) is 0.176. The highest BCUT2D eigenvalue weighted by molar-refractivity contribution is 7.04. The van der Waals surface area contributed by atoms with Crippen molar-refractivity contribution >= 4 is 16.1 Å². The van der Waals surface area contributed by atoms with Gasteiger partial charge in [0.2, 0.25) is 0 Å². The lowest BCUT2D eigenvalue weighted by atomic mass is 10.3. The molecule has 0 heterocycles. The monoisotopic (exact) mass is 282 g/mol. The molecule has 4 heteroatoms. The lowest BCUT2D eigenvalue weighted by Crippen LogP contribution is -2.39. The van der Waals surface area contributed by atoms with Crippen LogP contribution in [0.3, 0.4) is 0 Å². The third-order valence-electron chi connectivity index (χ3n) is 2.64. The minimum atomic E-state index is -1.03. The lowest BCUT2D eigenvalue weighted by molar-refractivity contribution is 0.450. The Morgan fingerprint density at radius 3 is 1.33 bits per heavy atom. The Morgan fingerprint density at radius 1 is 0.889 bits per heavy atom. The Balaban J connectivity index is 0.000000327. The molecule has 0 aliphatic rings. The number of phenolic OH excluding ortho intramolecular Hbond substituents is 2. The Morgan fingerprint density at radius 2 is 1.22 bits per heavy atom. The number of benzene rings is 1. The van der Waals surface area contributed by atoms with Gasteiger partial charge in [0.05, 0.1) is 16.1 Å². The standard InChI is InChI=1S/C8H20Si2.C6H6O2/c1-8(9(2,3)4)10(5,6)7;7-5-2-1-3-6(8)4-5/h1H2,2-7H3;1-4,7-8H. The Kier molecular flexibility index (Phi) is 5.90. The number of hydrogen-bond acceptors (Lipinski definition) is 2. The fraction of sp³-hybridized carbons (Fsp3) is 0.429. The number of aromatic hydroxyl groups is 2. The van der Waals surface area contributed by atoms with Gasteiger partial charge in [0.15, 0.2) is 0 Å². The van der Waals surface area contributed by atoms with Crippen LogP contribution in [0.2, 0.25) is 39.3 Å². The van der Waals surface area contributed by atoms with Crippen LogP contribution in [0.15, 0.2) is 35.7 Å². The fourth-order valence-electron chi connectivity index (χ4n) is 1.62. The van der Waals surface area contributed by atoms with Gasteiger partial charge in [-0.1, -0.05) is 50.2 Å². The largest absolute Gasteiger partial charge is 0.508 e. The summed E-state index contributed by atoms with van der Waals surface area (Å²) in [7, 11) is -2.06. The zero-order valence-electron chi connectivity index (χ0n) is 12.4. The zero-order chi connectivity index (χ0) is 14.6. The van der Waals surface area contributed by atoms with Crippen molar-refractivity contribution in [2.24, 2.45) is 0 Å². The van der Waals surface area contributed by atoms with E-state index in [9.17, 15) is 0 Å². The molecular formula is C14H26O2Si2. The van der Waals surface area contributed by atoms with Crippen LogP contribution in [-0.2, 0) is 0 Å². The van der Waals surface area contributed by atoms with Gasteiger partial charge in [0, 0.05) is 6.07 Å². The van der Waals surface area contributed by atoms with E-state index in [-0.39, 0.29) is 11.5 Å². The van der Waals surface area contributed by atoms with Gasteiger partial charge in [-0.2, -0.15) is 0 Å². The van der Waals surface area contributed by atoms with E-state index in [2.05, 4.69) is 45.9 Å². The second-order valence-corrected chi connectivity index (χ2v) is 17.2. The molecule has 0 radical (unpaired) electrons. The van der Waals surface area contributed by atoms with Crippen molar-refractivity contribution in [2.75, 3.05) is 0 Å². The SMILES string of the molecule is C=C([Si](C)(C)C)[Si](C)(C)C.Oc1cccc(O)c1. The van der Waals surface area contributed by atoms with Crippen LogP contribution in [0.5, 0.6) is 11.5 Å². The molecule has 0 fully saturated rings. The summed E-state index contributed by atoms with van der Waals surface area (Å²) in [6.07, 6.45) is 0. The summed E-state index contributed by atoms with van der Waals surface area (Å²) < 4.78 is 0. The Hall–Kier alpha value is -1.01. The minimum Gasteiger partial charge on any atom is -0.508 e. The highest BCUT2D eigenvalue weighted by Gasteiger charge is 2.28. The quantitative estimate of drug-likeness (QED) is 0.790. The average molecular weight is 283 g/mol. The lowest BCUT2D eigenvalue weighted by Gasteiger charge is -2.29. The Bertz CT molecular complexity index is 368. The van der Waals surface area contributed by atoms with E-state index in [1.807, 2.05) is 0 Å². The first kappa shape index (κ1) is 17.0. The molecule has 1 aromatic carbocycles. The normalized spacial score (nSPS) is 11.4. The molecule has 0 spiro atoms. The second-order valence-electron chi connectivity index (χ2n) is 6.50. The molecule has 0 aliphatic carbocycles. The van der Waals surface area contributed by atoms with Crippen LogP contribution in [-0.4, -0.2) is 26.4 Å². The van der Waals surface area contributed by atoms with E-state index in [1.54, 1.807) is 10.9 Å². The van der Waals surface area contributed by atoms with E-state index >= 15 is 0 Å². The van der Waals surface area contributed by atoms with E-state index in [1.165, 1.54) is 18.2 Å². The van der Waals surface area contributed by atoms with Crippen molar-refractivity contribution in [3.05, 3.63) is 35.7 Å². The molecule has 0 aliphatic heterocycles. The summed E-state index contributed by atoms with van der Waals surface area (Å²) in [5, 5.41) is 17.3. The maximum absolute atomic E-state index is 8.65. The molecular weight excluding hydrogens is 256 g/mol. The molecule has 0 aromatic heterocycles. The summed E-state index contributed by atoms with van der Waals surface area (Å²) in [4.78, 5) is 1.60. The predicted molar refractivity (Wildman–Crippen MR) is 85.6 cm³/mol. The van der Waals surface area contributed by atoms with Gasteiger partial charge in [-0.05, 0) is 12.1 Å². The van der Waals surface area contributed by atoms with Crippen molar-refractivity contribution in [3.63, 3.8) is 0 Å². The summed E-state index contributed by atoms with van der Waals surface area (Å²) in [5.41, 5.74) is 0. The van der Waals surface area contributed by atoms with Gasteiger partial charge in [-0.25, -0.2) is 0 Å². The van der Waals surface area contributed by atoms with Gasteiger partial charge >= 0.3 is 0 Å². The smallest absolute Gasteiger partial charge is 0.119 e. The van der Waals surface area contributed by atoms with Gasteiger partial charge in [-0.3, -0.25) is 0 Å². The van der Waals surface area contributed by atoms with Crippen LogP contribution < -0.4 is 0 Å². The molecule has 0 unspecified atom stereocenters. The van der Waals surface area contributed by atoms with Crippen molar-refractivity contribution < 1.29 is 10.2 Å². The minimum absolute atomic E-state index is 0.0880. The maximum Gasteiger partial charge on any atom is 0.119 e. The van der Waals surface area contributed by atoms with Gasteiger partial charge < -0.3 is 10.2 Å². The molecule has 102 valence electrons. The van der Waals surface area contributed by atoms with Crippen LogP contribution >= 0.6 is 0 Å². The van der Waals surface area contributed by atoms with E-state index in [0.717, 1.165) is 0 Å². The third-order valence-corrected chi connectivity index (χ3v) is 10.8. The van der Waals surface area contributed by atoms with Crippen molar-refractivity contribution in [1.29, 1.82) is 0 Å². The second kappa shape index (κ2) is 6.25. The topological polar surface area (TPSA) is 40.5 Å². The molecule has 0 atom stereocenters. The van der Waals surface area contributed by atoms with Gasteiger partial charge in [0.1, 0.15) is 11.5 Å². The number of hydrogen-bond donors (Lipinski definition) is 2. The first-order valence-corrected chi connectivity index (χ1v) is 13.1. The highest BCUT2D eigenvalue weighted by Crippen LogP contribution is 2.22. The summed E-state index contributed by atoms with van der Waals surface area (Å²) in [6.45, 7) is 18.5. The summed E-state index contributed by atoms with van der Waals surface area (Å²) in [6, 6.07) is 5.85. The fourth-order valence-corrected chi connectivity index (χ4v) is 10.6. The molecule has 0 saturated carbocycles. The first-order valence-electron chi connectivity index (χ1n) is 6.12. The molecule has 0 saturated heterocycles. The number of phenols is 2. The van der Waals surface area contributed by atoms with Crippen LogP contribution in [0, 0.1) is 0 Å². The molecule has 0 bridgehead atoms. The molecule has 2 nitrogen and oxygen atoms in total. The molecule has 2 N–H and O–H groups in total. The first-order chi connectivity index (χ1) is 7.94. The Labute approximate surface area is 113 Å². The zero-order valence-corrected chi connectivity index (χ0v) is 14.4. The van der Waals surface area contributed by atoms with E-state index in [0.29, 0.717) is 0 Å². The van der Waals surface area contributed by atoms with Crippen LogP contribution in [0.4, 0.5) is 0 Å². The number of rotatable bonds is 2. The molecule has 18 heavy (non-hydrogen) atoms. The summed E-state index contributed by atoms with van der Waals surface area (Å²) >= 11 is 0. The third kappa shape index (κ3) is 6.66. The maximum atomic E-state index is 8.65. The predicted octanol–water partition coefficient (Wildman–Crippen LogP) is 4.40. The van der Waals surface area contributed by atoms with Crippen molar-refractivity contribution in [2.45, 2.75) is 39.3 Å².